The molecule has 104 valence electrons. The van der Waals surface area contributed by atoms with E-state index in [-0.39, 0.29) is 11.4 Å². The van der Waals surface area contributed by atoms with Crippen molar-refractivity contribution in [2.45, 2.75) is 24.0 Å². The maximum atomic E-state index is 12.2. The minimum absolute atomic E-state index is 0.0477. The van der Waals surface area contributed by atoms with Crippen molar-refractivity contribution in [3.05, 3.63) is 18.2 Å². The molecule has 1 heterocycles. The van der Waals surface area contributed by atoms with Crippen molar-refractivity contribution >= 4 is 32.8 Å². The Labute approximate surface area is 114 Å². The number of aliphatic hydroxyl groups excluding tert-OH is 1. The fourth-order valence-corrected chi connectivity index (χ4v) is 3.29. The average Bonchev–Trinajstić information content (AvgIpc) is 2.83. The van der Waals surface area contributed by atoms with E-state index in [0.29, 0.717) is 11.0 Å². The maximum absolute atomic E-state index is 12.2. The molecule has 4 N–H and O–H groups in total. The molecule has 2 atom stereocenters. The van der Waals surface area contributed by atoms with E-state index in [1.807, 2.05) is 0 Å². The second-order valence-electron chi connectivity index (χ2n) is 4.14. The normalized spacial score (nSPS) is 15.5. The number of nitrogens with two attached hydrogens (primary N) is 1. The lowest BCUT2D eigenvalue weighted by atomic mass is 10.2. The highest BCUT2D eigenvalue weighted by Gasteiger charge is 2.21. The number of aromatic nitrogens is 2. The van der Waals surface area contributed by atoms with E-state index in [4.69, 9.17) is 5.73 Å². The van der Waals surface area contributed by atoms with Crippen molar-refractivity contribution in [3.8, 4) is 0 Å². The number of benzene rings is 1. The Kier molecular flexibility index (Phi) is 4.11. The van der Waals surface area contributed by atoms with Crippen LogP contribution < -0.4 is 10.5 Å². The number of hydrogen-bond donors (Lipinski definition) is 3. The van der Waals surface area contributed by atoms with Crippen molar-refractivity contribution in [1.82, 2.24) is 13.5 Å². The molecule has 1 aromatic heterocycles. The molecular formula is C10H14N4O3S2. The van der Waals surface area contributed by atoms with E-state index in [0.717, 1.165) is 11.7 Å². The fraction of sp³-hybridized carbons (Fsp3) is 0.400. The van der Waals surface area contributed by atoms with E-state index in [1.165, 1.54) is 13.0 Å². The summed E-state index contributed by atoms with van der Waals surface area (Å²) in [6.45, 7) is 1.46. The Balaban J connectivity index is 2.27. The summed E-state index contributed by atoms with van der Waals surface area (Å²) in [4.78, 5) is 0.0662. The van der Waals surface area contributed by atoms with E-state index in [2.05, 4.69) is 13.5 Å². The minimum Gasteiger partial charge on any atom is -0.392 e. The number of rotatable bonds is 5. The van der Waals surface area contributed by atoms with Gasteiger partial charge in [0, 0.05) is 12.6 Å². The molecule has 0 aliphatic heterocycles. The molecule has 0 spiro atoms. The van der Waals surface area contributed by atoms with Crippen LogP contribution in [0.25, 0.3) is 11.0 Å². The summed E-state index contributed by atoms with van der Waals surface area (Å²) in [5.41, 5.74) is 6.46. The minimum atomic E-state index is -3.72. The zero-order chi connectivity index (χ0) is 14.0. The van der Waals surface area contributed by atoms with Gasteiger partial charge in [0.05, 0.1) is 17.8 Å². The van der Waals surface area contributed by atoms with Crippen LogP contribution in [-0.4, -0.2) is 41.0 Å². The first-order valence-corrected chi connectivity index (χ1v) is 7.78. The Bertz CT molecular complexity index is 668. The van der Waals surface area contributed by atoms with Gasteiger partial charge in [-0.15, -0.1) is 0 Å². The lowest BCUT2D eigenvalue weighted by Crippen LogP contribution is -2.43. The van der Waals surface area contributed by atoms with Gasteiger partial charge >= 0.3 is 0 Å². The highest BCUT2D eigenvalue weighted by atomic mass is 32.2. The molecule has 0 bridgehead atoms. The Morgan fingerprint density at radius 3 is 2.89 bits per heavy atom. The molecule has 19 heavy (non-hydrogen) atoms. The second-order valence-corrected chi connectivity index (χ2v) is 6.41. The van der Waals surface area contributed by atoms with Crippen LogP contribution in [0.15, 0.2) is 23.1 Å². The second kappa shape index (κ2) is 5.47. The topological polar surface area (TPSA) is 118 Å². The fourth-order valence-electron chi connectivity index (χ4n) is 1.45. The van der Waals surface area contributed by atoms with Crippen molar-refractivity contribution in [2.24, 2.45) is 5.73 Å². The lowest BCUT2D eigenvalue weighted by Gasteiger charge is -2.15. The van der Waals surface area contributed by atoms with Gasteiger partial charge in [-0.2, -0.15) is 8.75 Å². The van der Waals surface area contributed by atoms with E-state index < -0.39 is 22.2 Å². The summed E-state index contributed by atoms with van der Waals surface area (Å²) in [6, 6.07) is 4.09. The highest BCUT2D eigenvalue weighted by Crippen LogP contribution is 2.20. The number of nitrogens with zero attached hydrogens (tertiary/aromatic N) is 2. The largest absolute Gasteiger partial charge is 0.392 e. The molecule has 2 rings (SSSR count). The molecule has 0 aliphatic rings. The SMILES string of the molecule is CC(O)C(N)CNS(=O)(=O)c1cccc2nsnc12. The first kappa shape index (κ1) is 14.3. The lowest BCUT2D eigenvalue weighted by molar-refractivity contribution is 0.164. The van der Waals surface area contributed by atoms with Gasteiger partial charge < -0.3 is 10.8 Å². The molecule has 2 unspecified atom stereocenters. The maximum Gasteiger partial charge on any atom is 0.242 e. The van der Waals surface area contributed by atoms with Crippen LogP contribution in [0.2, 0.25) is 0 Å². The third-order valence-electron chi connectivity index (χ3n) is 2.67. The van der Waals surface area contributed by atoms with Crippen molar-refractivity contribution < 1.29 is 13.5 Å². The van der Waals surface area contributed by atoms with Crippen molar-refractivity contribution in [3.63, 3.8) is 0 Å². The van der Waals surface area contributed by atoms with Crippen LogP contribution in [-0.2, 0) is 10.0 Å². The number of fused-ring (bicyclic) bond motifs is 1. The first-order chi connectivity index (χ1) is 8.92. The van der Waals surface area contributed by atoms with Gasteiger partial charge in [-0.05, 0) is 19.1 Å². The highest BCUT2D eigenvalue weighted by molar-refractivity contribution is 7.89. The van der Waals surface area contributed by atoms with Crippen LogP contribution in [0.5, 0.6) is 0 Å². The van der Waals surface area contributed by atoms with Crippen molar-refractivity contribution in [1.29, 1.82) is 0 Å². The van der Waals surface area contributed by atoms with Gasteiger partial charge in [-0.1, -0.05) is 6.07 Å². The molecule has 0 aliphatic carbocycles. The Morgan fingerprint density at radius 1 is 1.47 bits per heavy atom. The molecule has 2 aromatic rings. The van der Waals surface area contributed by atoms with Gasteiger partial charge in [-0.3, -0.25) is 0 Å². The third-order valence-corrected chi connectivity index (χ3v) is 4.66. The monoisotopic (exact) mass is 302 g/mol. The van der Waals surface area contributed by atoms with Crippen LogP contribution >= 0.6 is 11.7 Å². The summed E-state index contributed by atoms with van der Waals surface area (Å²) < 4.78 is 34.6. The molecule has 9 heteroatoms. The molecule has 1 aromatic carbocycles. The predicted octanol–water partition coefficient (Wildman–Crippen LogP) is -0.322. The molecule has 0 saturated carbocycles. The van der Waals surface area contributed by atoms with Gasteiger partial charge in [0.15, 0.2) is 0 Å². The first-order valence-electron chi connectivity index (χ1n) is 5.56. The third kappa shape index (κ3) is 3.07. The van der Waals surface area contributed by atoms with E-state index >= 15 is 0 Å². The standard InChI is InChI=1S/C10H14N4O3S2/c1-6(15)7(11)5-12-19(16,17)9-4-2-3-8-10(9)14-18-13-8/h2-4,6-7,12,15H,5,11H2,1H3. The van der Waals surface area contributed by atoms with Crippen LogP contribution in [0.1, 0.15) is 6.92 Å². The van der Waals surface area contributed by atoms with Gasteiger partial charge in [0.1, 0.15) is 15.9 Å². The molecular weight excluding hydrogens is 288 g/mol. The number of nitrogens with one attached hydrogen (secondary N) is 1. The average molecular weight is 302 g/mol. The summed E-state index contributed by atoms with van der Waals surface area (Å²) in [6.07, 6.45) is -0.792. The molecule has 7 nitrogen and oxygen atoms in total. The van der Waals surface area contributed by atoms with E-state index in [1.54, 1.807) is 12.1 Å². The number of hydrogen-bond acceptors (Lipinski definition) is 7. The van der Waals surface area contributed by atoms with Crippen LogP contribution in [0, 0.1) is 0 Å². The molecule has 0 saturated heterocycles. The Morgan fingerprint density at radius 2 is 2.21 bits per heavy atom. The van der Waals surface area contributed by atoms with Crippen LogP contribution in [0.4, 0.5) is 0 Å². The zero-order valence-electron chi connectivity index (χ0n) is 10.1. The number of sulfonamides is 1. The summed E-state index contributed by atoms with van der Waals surface area (Å²) in [7, 11) is -3.72. The van der Waals surface area contributed by atoms with Crippen molar-refractivity contribution in [2.75, 3.05) is 6.54 Å². The summed E-state index contributed by atoms with van der Waals surface area (Å²) >= 11 is 0.956. The van der Waals surface area contributed by atoms with Crippen LogP contribution in [0.3, 0.4) is 0 Å². The van der Waals surface area contributed by atoms with E-state index in [9.17, 15) is 13.5 Å². The van der Waals surface area contributed by atoms with Gasteiger partial charge in [0.2, 0.25) is 10.0 Å². The summed E-state index contributed by atoms with van der Waals surface area (Å²) in [5, 5.41) is 9.25. The molecule has 0 radical (unpaired) electrons. The Hall–Kier alpha value is -1.13. The molecule has 0 amide bonds. The molecule has 0 fully saturated rings. The number of aliphatic hydroxyl groups is 1. The predicted molar refractivity (Wildman–Crippen MR) is 72.3 cm³/mol. The zero-order valence-corrected chi connectivity index (χ0v) is 11.8. The van der Waals surface area contributed by atoms with Gasteiger partial charge in [0.25, 0.3) is 0 Å². The van der Waals surface area contributed by atoms with Gasteiger partial charge in [-0.25, -0.2) is 13.1 Å². The summed E-state index contributed by atoms with van der Waals surface area (Å²) in [5.74, 6) is 0. The quantitative estimate of drug-likeness (QED) is 0.696. The smallest absolute Gasteiger partial charge is 0.242 e.